The first-order chi connectivity index (χ1) is 10.8. The summed E-state index contributed by atoms with van der Waals surface area (Å²) in [5, 5.41) is 2.70. The third-order valence-electron chi connectivity index (χ3n) is 2.95. The van der Waals surface area contributed by atoms with Gasteiger partial charge in [-0.2, -0.15) is 0 Å². The molecule has 122 valence electrons. The van der Waals surface area contributed by atoms with Crippen molar-refractivity contribution in [2.45, 2.75) is 0 Å². The molecule has 23 heavy (non-hydrogen) atoms. The van der Waals surface area contributed by atoms with Crippen LogP contribution in [0.15, 0.2) is 53.0 Å². The van der Waals surface area contributed by atoms with Gasteiger partial charge in [-0.1, -0.05) is 12.1 Å². The van der Waals surface area contributed by atoms with Crippen LogP contribution < -0.4 is 9.62 Å². The van der Waals surface area contributed by atoms with Crippen molar-refractivity contribution >= 4 is 65.8 Å². The number of carbonyl (C=O) groups excluding carboxylic acids is 1. The lowest BCUT2D eigenvalue weighted by atomic mass is 10.3. The molecular formula is C15H14BrIN2O3S. The molecule has 0 bridgehead atoms. The lowest BCUT2D eigenvalue weighted by molar-refractivity contribution is -0.114. The first kappa shape index (κ1) is 18.2. The van der Waals surface area contributed by atoms with Crippen LogP contribution in [0.5, 0.6) is 0 Å². The number of anilines is 2. The minimum Gasteiger partial charge on any atom is -0.323 e. The van der Waals surface area contributed by atoms with Gasteiger partial charge in [0.25, 0.3) is 0 Å². The van der Waals surface area contributed by atoms with Gasteiger partial charge in [-0.25, -0.2) is 8.42 Å². The Bertz CT molecular complexity index is 810. The van der Waals surface area contributed by atoms with Crippen molar-refractivity contribution < 1.29 is 13.2 Å². The molecule has 0 unspecified atom stereocenters. The zero-order chi connectivity index (χ0) is 17.0. The van der Waals surface area contributed by atoms with E-state index in [1.165, 1.54) is 0 Å². The van der Waals surface area contributed by atoms with Crippen molar-refractivity contribution in [3.8, 4) is 0 Å². The predicted molar refractivity (Wildman–Crippen MR) is 104 cm³/mol. The first-order valence-corrected chi connectivity index (χ1v) is 10.3. The van der Waals surface area contributed by atoms with Crippen molar-refractivity contribution in [2.75, 3.05) is 22.4 Å². The van der Waals surface area contributed by atoms with E-state index in [2.05, 4.69) is 43.8 Å². The van der Waals surface area contributed by atoms with E-state index in [9.17, 15) is 13.2 Å². The molecule has 0 fully saturated rings. The standard InChI is InChI=1S/C15H14BrIN2O3S/c1-23(21,22)19(12-8-6-11(17)7-9-12)10-15(20)18-14-5-3-2-4-13(14)16/h2-9H,10H2,1H3,(H,18,20). The second kappa shape index (κ2) is 7.63. The Hall–Kier alpha value is -1.13. The van der Waals surface area contributed by atoms with E-state index < -0.39 is 15.9 Å². The fourth-order valence-electron chi connectivity index (χ4n) is 1.89. The Kier molecular flexibility index (Phi) is 6.04. The highest BCUT2D eigenvalue weighted by atomic mass is 127. The van der Waals surface area contributed by atoms with Crippen molar-refractivity contribution in [1.29, 1.82) is 0 Å². The van der Waals surface area contributed by atoms with Crippen molar-refractivity contribution in [2.24, 2.45) is 0 Å². The summed E-state index contributed by atoms with van der Waals surface area (Å²) in [6.07, 6.45) is 1.08. The molecule has 0 radical (unpaired) electrons. The Morgan fingerprint density at radius 1 is 1.17 bits per heavy atom. The van der Waals surface area contributed by atoms with E-state index >= 15 is 0 Å². The molecule has 0 aliphatic rings. The highest BCUT2D eigenvalue weighted by Crippen LogP contribution is 2.22. The summed E-state index contributed by atoms with van der Waals surface area (Å²) in [5.41, 5.74) is 1.05. The van der Waals surface area contributed by atoms with E-state index in [0.717, 1.165) is 18.6 Å². The van der Waals surface area contributed by atoms with Gasteiger partial charge < -0.3 is 5.32 Å². The molecule has 0 aliphatic heterocycles. The zero-order valence-electron chi connectivity index (χ0n) is 12.2. The highest BCUT2D eigenvalue weighted by Gasteiger charge is 2.21. The average Bonchev–Trinajstić information content (AvgIpc) is 2.47. The molecule has 0 heterocycles. The summed E-state index contributed by atoms with van der Waals surface area (Å²) in [6.45, 7) is -0.291. The molecular weight excluding hydrogens is 495 g/mol. The number of sulfonamides is 1. The van der Waals surface area contributed by atoms with E-state index in [1.54, 1.807) is 42.5 Å². The van der Waals surface area contributed by atoms with E-state index in [1.807, 2.05) is 6.07 Å². The number of rotatable bonds is 5. The molecule has 0 aromatic heterocycles. The number of amides is 1. The summed E-state index contributed by atoms with van der Waals surface area (Å²) in [5.74, 6) is -0.416. The molecule has 0 spiro atoms. The highest BCUT2D eigenvalue weighted by molar-refractivity contribution is 14.1. The van der Waals surface area contributed by atoms with E-state index in [-0.39, 0.29) is 6.54 Å². The Morgan fingerprint density at radius 3 is 2.35 bits per heavy atom. The normalized spacial score (nSPS) is 11.1. The van der Waals surface area contributed by atoms with Crippen LogP contribution in [0.3, 0.4) is 0 Å². The SMILES string of the molecule is CS(=O)(=O)N(CC(=O)Nc1ccccc1Br)c1ccc(I)cc1. The monoisotopic (exact) mass is 508 g/mol. The topological polar surface area (TPSA) is 66.5 Å². The third-order valence-corrected chi connectivity index (χ3v) is 5.50. The van der Waals surface area contributed by atoms with Crippen molar-refractivity contribution in [1.82, 2.24) is 0 Å². The van der Waals surface area contributed by atoms with E-state index in [4.69, 9.17) is 0 Å². The molecule has 2 aromatic rings. The third kappa shape index (κ3) is 5.18. The van der Waals surface area contributed by atoms with Crippen LogP contribution in [0.1, 0.15) is 0 Å². The maximum atomic E-state index is 12.2. The molecule has 1 amide bonds. The van der Waals surface area contributed by atoms with Gasteiger partial charge in [0.05, 0.1) is 17.6 Å². The lowest BCUT2D eigenvalue weighted by Gasteiger charge is -2.22. The first-order valence-electron chi connectivity index (χ1n) is 6.55. The van der Waals surface area contributed by atoms with Gasteiger partial charge in [0.15, 0.2) is 0 Å². The number of nitrogens with one attached hydrogen (secondary N) is 1. The van der Waals surface area contributed by atoms with Gasteiger partial charge in [-0.15, -0.1) is 0 Å². The van der Waals surface area contributed by atoms with Crippen LogP contribution in [-0.2, 0) is 14.8 Å². The van der Waals surface area contributed by atoms with Gasteiger partial charge in [0.2, 0.25) is 15.9 Å². The van der Waals surface area contributed by atoms with Crippen molar-refractivity contribution in [3.05, 3.63) is 56.6 Å². The quantitative estimate of drug-likeness (QED) is 0.629. The summed E-state index contributed by atoms with van der Waals surface area (Å²) >= 11 is 5.47. The molecule has 2 aromatic carbocycles. The van der Waals surface area contributed by atoms with Gasteiger partial charge in [0.1, 0.15) is 6.54 Å². The van der Waals surface area contributed by atoms with Gasteiger partial charge >= 0.3 is 0 Å². The number of halogens is 2. The summed E-state index contributed by atoms with van der Waals surface area (Å²) < 4.78 is 26.8. The number of para-hydroxylation sites is 1. The van der Waals surface area contributed by atoms with E-state index in [0.29, 0.717) is 11.4 Å². The van der Waals surface area contributed by atoms with Gasteiger partial charge in [-0.3, -0.25) is 9.10 Å². The second-order valence-corrected chi connectivity index (χ2v) is 8.78. The molecule has 2 rings (SSSR count). The number of nitrogens with zero attached hydrogens (tertiary/aromatic N) is 1. The maximum Gasteiger partial charge on any atom is 0.245 e. The van der Waals surface area contributed by atoms with Crippen molar-refractivity contribution in [3.63, 3.8) is 0 Å². The number of benzene rings is 2. The minimum atomic E-state index is -3.57. The molecule has 5 nitrogen and oxygen atoms in total. The Balaban J connectivity index is 2.20. The van der Waals surface area contributed by atoms with Gasteiger partial charge in [-0.05, 0) is 74.9 Å². The maximum absolute atomic E-state index is 12.2. The number of hydrogen-bond donors (Lipinski definition) is 1. The summed E-state index contributed by atoms with van der Waals surface area (Å²) in [7, 11) is -3.57. The number of carbonyl (C=O) groups is 1. The molecule has 0 atom stereocenters. The van der Waals surface area contributed by atoms with Gasteiger partial charge in [0, 0.05) is 8.04 Å². The fraction of sp³-hybridized carbons (Fsp3) is 0.133. The summed E-state index contributed by atoms with van der Waals surface area (Å²) in [6, 6.07) is 14.1. The smallest absolute Gasteiger partial charge is 0.245 e. The molecule has 0 saturated heterocycles. The predicted octanol–water partition coefficient (Wildman–Crippen LogP) is 3.46. The van der Waals surface area contributed by atoms with Crippen LogP contribution in [-0.4, -0.2) is 27.1 Å². The molecule has 0 saturated carbocycles. The van der Waals surface area contributed by atoms with Crippen LogP contribution in [0.4, 0.5) is 11.4 Å². The van der Waals surface area contributed by atoms with Crippen LogP contribution in [0.2, 0.25) is 0 Å². The lowest BCUT2D eigenvalue weighted by Crippen LogP contribution is -2.37. The number of hydrogen-bond acceptors (Lipinski definition) is 3. The molecule has 0 aliphatic carbocycles. The molecule has 8 heteroatoms. The minimum absolute atomic E-state index is 0.291. The van der Waals surface area contributed by atoms with Crippen LogP contribution in [0, 0.1) is 3.57 Å². The zero-order valence-corrected chi connectivity index (χ0v) is 16.7. The molecule has 1 N–H and O–H groups in total. The average molecular weight is 509 g/mol. The fourth-order valence-corrected chi connectivity index (χ4v) is 3.49. The van der Waals surface area contributed by atoms with Crippen LogP contribution in [0.25, 0.3) is 0 Å². The Labute approximate surface area is 157 Å². The second-order valence-electron chi connectivity index (χ2n) is 4.77. The largest absolute Gasteiger partial charge is 0.323 e. The van der Waals surface area contributed by atoms with Crippen LogP contribution >= 0.6 is 38.5 Å². The Morgan fingerprint density at radius 2 is 1.78 bits per heavy atom. The summed E-state index contributed by atoms with van der Waals surface area (Å²) in [4.78, 5) is 12.2.